The van der Waals surface area contributed by atoms with Gasteiger partial charge in [0, 0.05) is 31.2 Å². The van der Waals surface area contributed by atoms with Crippen molar-refractivity contribution in [3.05, 3.63) is 68.3 Å². The molecule has 4 rings (SSSR count). The summed E-state index contributed by atoms with van der Waals surface area (Å²) >= 11 is 13.6. The van der Waals surface area contributed by atoms with E-state index in [2.05, 4.69) is 5.32 Å². The number of aliphatic hydroxyl groups excluding tert-OH is 1. The van der Waals surface area contributed by atoms with Crippen molar-refractivity contribution < 1.29 is 32.6 Å². The molecule has 1 aliphatic rings. The Morgan fingerprint density at radius 3 is 2.62 bits per heavy atom. The van der Waals surface area contributed by atoms with Gasteiger partial charge in [-0.1, -0.05) is 23.2 Å². The first-order valence-electron chi connectivity index (χ1n) is 11.6. The number of carbonyl (C=O) groups is 2. The second-order valence-electron chi connectivity index (χ2n) is 8.49. The second kappa shape index (κ2) is 12.1. The molecule has 2 N–H and O–H groups in total. The predicted octanol–water partition coefficient (Wildman–Crippen LogP) is 3.40. The van der Waals surface area contributed by atoms with Crippen LogP contribution in [0.3, 0.4) is 0 Å². The minimum Gasteiger partial charge on any atom is -0.497 e. The van der Waals surface area contributed by atoms with E-state index in [1.54, 1.807) is 23.6 Å². The fraction of sp³-hybridized carbons (Fsp3) is 0.280. The quantitative estimate of drug-likeness (QED) is 0.379. The number of nitrogens with one attached hydrogen (secondary N) is 1. The first kappa shape index (κ1) is 29.1. The van der Waals surface area contributed by atoms with E-state index in [4.69, 9.17) is 37.8 Å². The molecule has 2 heterocycles. The van der Waals surface area contributed by atoms with Gasteiger partial charge in [-0.25, -0.2) is 8.42 Å². The highest BCUT2D eigenvalue weighted by Crippen LogP contribution is 2.39. The highest BCUT2D eigenvalue weighted by molar-refractivity contribution is 7.89. The number of benzene rings is 2. The zero-order chi connectivity index (χ0) is 28.3. The van der Waals surface area contributed by atoms with Crippen molar-refractivity contribution in [2.45, 2.75) is 17.5 Å². The molecule has 1 unspecified atom stereocenters. The summed E-state index contributed by atoms with van der Waals surface area (Å²) in [5, 5.41) is 13.7. The van der Waals surface area contributed by atoms with Crippen LogP contribution in [0.15, 0.2) is 52.7 Å². The number of rotatable bonds is 9. The summed E-state index contributed by atoms with van der Waals surface area (Å²) in [7, 11) is -0.940. The average Bonchev–Trinajstić information content (AvgIpc) is 3.29. The molecule has 39 heavy (non-hydrogen) atoms. The monoisotopic (exact) mass is 613 g/mol. The molecular weight excluding hydrogens is 589 g/mol. The van der Waals surface area contributed by atoms with Crippen LogP contribution < -0.4 is 19.7 Å². The fourth-order valence-corrected chi connectivity index (χ4v) is 6.44. The third kappa shape index (κ3) is 6.16. The molecule has 0 bridgehead atoms. The van der Waals surface area contributed by atoms with E-state index in [1.807, 2.05) is 0 Å². The number of aliphatic hydroxyl groups is 1. The molecule has 0 spiro atoms. The number of hydrogen-bond acceptors (Lipinski definition) is 8. The van der Waals surface area contributed by atoms with Crippen LogP contribution in [-0.2, 0) is 21.4 Å². The molecule has 2 aromatic carbocycles. The van der Waals surface area contributed by atoms with Gasteiger partial charge in [-0.05, 0) is 47.3 Å². The number of methoxy groups -OCH3 is 1. The molecule has 10 nitrogen and oxygen atoms in total. The molecule has 1 aliphatic heterocycles. The van der Waals surface area contributed by atoms with Crippen molar-refractivity contribution in [2.75, 3.05) is 38.8 Å². The van der Waals surface area contributed by atoms with Gasteiger partial charge >= 0.3 is 0 Å². The van der Waals surface area contributed by atoms with Crippen molar-refractivity contribution in [2.24, 2.45) is 0 Å². The standard InChI is InChI=1S/C25H25Cl2N3O7S2/c1-29(39(34,35)18-6-3-16(26)4-7-18)12-15-14-38-23(22(15)27)25(33)30-13-21(24(32)28-9-10-31)37-20-8-5-17(36-2)11-19(20)30/h3-8,11,14,21,31H,9-10,12-13H2,1-2H3,(H,28,32). The largest absolute Gasteiger partial charge is 0.497 e. The van der Waals surface area contributed by atoms with Crippen LogP contribution >= 0.6 is 34.5 Å². The van der Waals surface area contributed by atoms with Gasteiger partial charge in [0.15, 0.2) is 6.10 Å². The molecule has 0 radical (unpaired) electrons. The zero-order valence-electron chi connectivity index (χ0n) is 20.9. The van der Waals surface area contributed by atoms with Crippen LogP contribution in [0.1, 0.15) is 15.2 Å². The van der Waals surface area contributed by atoms with Gasteiger partial charge in [0.05, 0.1) is 35.9 Å². The lowest BCUT2D eigenvalue weighted by Gasteiger charge is -2.34. The van der Waals surface area contributed by atoms with Crippen LogP contribution in [0.5, 0.6) is 11.5 Å². The summed E-state index contributed by atoms with van der Waals surface area (Å²) in [6.45, 7) is -0.405. The minimum absolute atomic E-state index is 0.0364. The van der Waals surface area contributed by atoms with E-state index < -0.39 is 27.9 Å². The Bertz CT molecular complexity index is 1480. The Balaban J connectivity index is 1.61. The molecule has 14 heteroatoms. The lowest BCUT2D eigenvalue weighted by atomic mass is 10.1. The van der Waals surface area contributed by atoms with E-state index in [-0.39, 0.29) is 41.0 Å². The van der Waals surface area contributed by atoms with Gasteiger partial charge in [0.2, 0.25) is 10.0 Å². The highest BCUT2D eigenvalue weighted by atomic mass is 35.5. The van der Waals surface area contributed by atoms with Crippen LogP contribution in [-0.4, -0.2) is 69.6 Å². The van der Waals surface area contributed by atoms with Gasteiger partial charge in [-0.15, -0.1) is 11.3 Å². The number of anilines is 1. The van der Waals surface area contributed by atoms with Crippen molar-refractivity contribution in [1.82, 2.24) is 9.62 Å². The molecule has 3 aromatic rings. The molecular formula is C25H25Cl2N3O7S2. The summed E-state index contributed by atoms with van der Waals surface area (Å²) in [4.78, 5) is 28.0. The number of hydrogen-bond donors (Lipinski definition) is 2. The first-order valence-corrected chi connectivity index (χ1v) is 14.7. The third-order valence-electron chi connectivity index (χ3n) is 5.93. The Labute approximate surface area is 239 Å². The number of halogens is 2. The normalized spacial score (nSPS) is 15.0. The van der Waals surface area contributed by atoms with E-state index in [1.165, 1.54) is 43.3 Å². The number of thiophene rings is 1. The Morgan fingerprint density at radius 2 is 1.95 bits per heavy atom. The predicted molar refractivity (Wildman–Crippen MR) is 149 cm³/mol. The van der Waals surface area contributed by atoms with Crippen molar-refractivity contribution in [1.29, 1.82) is 0 Å². The van der Waals surface area contributed by atoms with Crippen LogP contribution in [0.2, 0.25) is 10.0 Å². The lowest BCUT2D eigenvalue weighted by molar-refractivity contribution is -0.127. The van der Waals surface area contributed by atoms with Crippen LogP contribution in [0, 0.1) is 0 Å². The maximum Gasteiger partial charge on any atom is 0.270 e. The van der Waals surface area contributed by atoms with Gasteiger partial charge in [0.1, 0.15) is 16.4 Å². The average molecular weight is 615 g/mol. The van der Waals surface area contributed by atoms with Gasteiger partial charge < -0.3 is 19.9 Å². The maximum atomic E-state index is 13.8. The Kier molecular flexibility index (Phi) is 9.04. The molecule has 0 saturated heterocycles. The summed E-state index contributed by atoms with van der Waals surface area (Å²) < 4.78 is 38.3. The fourth-order valence-electron chi connectivity index (χ4n) is 3.88. The maximum absolute atomic E-state index is 13.8. The zero-order valence-corrected chi connectivity index (χ0v) is 24.0. The van der Waals surface area contributed by atoms with Crippen molar-refractivity contribution >= 4 is 62.1 Å². The number of carbonyl (C=O) groups excluding carboxylic acids is 2. The molecule has 208 valence electrons. The van der Waals surface area contributed by atoms with Crippen LogP contribution in [0.25, 0.3) is 0 Å². The Hall–Kier alpha value is -2.87. The molecule has 2 amide bonds. The van der Waals surface area contributed by atoms with Gasteiger partial charge in [0.25, 0.3) is 11.8 Å². The lowest BCUT2D eigenvalue weighted by Crippen LogP contribution is -2.51. The SMILES string of the molecule is COc1ccc2c(c1)N(C(=O)c1scc(CN(C)S(=O)(=O)c3ccc(Cl)cc3)c1Cl)CC(C(=O)NCCO)O2. The summed E-state index contributed by atoms with van der Waals surface area (Å²) in [6, 6.07) is 10.7. The molecule has 0 aliphatic carbocycles. The van der Waals surface area contributed by atoms with E-state index >= 15 is 0 Å². The second-order valence-corrected chi connectivity index (χ2v) is 12.2. The first-order chi connectivity index (χ1) is 18.6. The topological polar surface area (TPSA) is 125 Å². The van der Waals surface area contributed by atoms with E-state index in [0.29, 0.717) is 27.8 Å². The van der Waals surface area contributed by atoms with E-state index in [0.717, 1.165) is 15.6 Å². The minimum atomic E-state index is -3.84. The van der Waals surface area contributed by atoms with Gasteiger partial charge in [-0.2, -0.15) is 4.31 Å². The van der Waals surface area contributed by atoms with Gasteiger partial charge in [-0.3, -0.25) is 14.5 Å². The summed E-state index contributed by atoms with van der Waals surface area (Å²) in [6.07, 6.45) is -1.03. The molecule has 1 atom stereocenters. The molecule has 0 fully saturated rings. The molecule has 0 saturated carbocycles. The molecule has 1 aromatic heterocycles. The number of fused-ring (bicyclic) bond motifs is 1. The third-order valence-corrected chi connectivity index (χ3v) is 9.56. The van der Waals surface area contributed by atoms with Crippen LogP contribution in [0.4, 0.5) is 5.69 Å². The summed E-state index contributed by atoms with van der Waals surface area (Å²) in [5.41, 5.74) is 0.834. The summed E-state index contributed by atoms with van der Waals surface area (Å²) in [5.74, 6) is -0.209. The number of sulfonamides is 1. The van der Waals surface area contributed by atoms with Crippen molar-refractivity contribution in [3.63, 3.8) is 0 Å². The van der Waals surface area contributed by atoms with E-state index in [9.17, 15) is 18.0 Å². The number of ether oxygens (including phenoxy) is 2. The number of amides is 2. The number of nitrogens with zero attached hydrogens (tertiary/aromatic N) is 2. The Morgan fingerprint density at radius 1 is 1.23 bits per heavy atom. The van der Waals surface area contributed by atoms with Crippen molar-refractivity contribution in [3.8, 4) is 11.5 Å². The smallest absolute Gasteiger partial charge is 0.270 e. The highest BCUT2D eigenvalue weighted by Gasteiger charge is 2.36.